The molecule has 0 amide bonds. The van der Waals surface area contributed by atoms with Crippen LogP contribution in [0.5, 0.6) is 0 Å². The normalized spacial score (nSPS) is 13.0. The fourth-order valence-electron chi connectivity index (χ4n) is 2.90. The lowest BCUT2D eigenvalue weighted by molar-refractivity contribution is 0.955. The van der Waals surface area contributed by atoms with Gasteiger partial charge in [-0.25, -0.2) is 4.98 Å². The van der Waals surface area contributed by atoms with Gasteiger partial charge in [0, 0.05) is 45.4 Å². The third-order valence-electron chi connectivity index (χ3n) is 4.24. The molecule has 7 nitrogen and oxygen atoms in total. The summed E-state index contributed by atoms with van der Waals surface area (Å²) in [4.78, 5) is 17.7. The summed E-state index contributed by atoms with van der Waals surface area (Å²) in [5.74, 6) is 1.41. The third-order valence-corrected chi connectivity index (χ3v) is 4.87. The number of hydrogen-bond donors (Lipinski definition) is 1. The van der Waals surface area contributed by atoms with Crippen molar-refractivity contribution < 1.29 is 0 Å². The van der Waals surface area contributed by atoms with Crippen LogP contribution in [0.4, 0.5) is 22.3 Å². The van der Waals surface area contributed by atoms with E-state index in [4.69, 9.17) is 0 Å². The zero-order valence-corrected chi connectivity index (χ0v) is 15.2. The second-order valence-electron chi connectivity index (χ2n) is 6.18. The first-order valence-electron chi connectivity index (χ1n) is 8.05. The Morgan fingerprint density at radius 2 is 2.16 bits per heavy atom. The molecule has 128 valence electrons. The first-order chi connectivity index (χ1) is 12.1. The average Bonchev–Trinajstić information content (AvgIpc) is 3.22. The fraction of sp³-hybridized carbons (Fsp3) is 0.294. The Morgan fingerprint density at radius 3 is 3.00 bits per heavy atom. The predicted octanol–water partition coefficient (Wildman–Crippen LogP) is 2.80. The Morgan fingerprint density at radius 1 is 1.28 bits per heavy atom. The van der Waals surface area contributed by atoms with Crippen molar-refractivity contribution in [1.82, 2.24) is 19.3 Å². The maximum atomic E-state index is 4.58. The van der Waals surface area contributed by atoms with Crippen LogP contribution in [-0.4, -0.2) is 47.0 Å². The van der Waals surface area contributed by atoms with Gasteiger partial charge in [-0.2, -0.15) is 9.36 Å². The minimum Gasteiger partial charge on any atom is -0.375 e. The van der Waals surface area contributed by atoms with Gasteiger partial charge in [0.1, 0.15) is 5.69 Å². The van der Waals surface area contributed by atoms with Gasteiger partial charge in [-0.1, -0.05) is 0 Å². The van der Waals surface area contributed by atoms with Gasteiger partial charge in [0.15, 0.2) is 11.6 Å². The Bertz CT molecular complexity index is 906. The van der Waals surface area contributed by atoms with Crippen molar-refractivity contribution in [2.24, 2.45) is 0 Å². The molecule has 1 aliphatic rings. The molecule has 0 aromatic carbocycles. The first-order valence-corrected chi connectivity index (χ1v) is 8.82. The number of nitrogens with one attached hydrogen (secondary N) is 1. The van der Waals surface area contributed by atoms with Crippen LogP contribution in [-0.2, 0) is 6.42 Å². The highest BCUT2D eigenvalue weighted by Crippen LogP contribution is 2.31. The van der Waals surface area contributed by atoms with E-state index in [-0.39, 0.29) is 0 Å². The summed E-state index contributed by atoms with van der Waals surface area (Å²) in [6.45, 7) is 1.03. The van der Waals surface area contributed by atoms with Gasteiger partial charge in [0.25, 0.3) is 0 Å². The van der Waals surface area contributed by atoms with E-state index in [0.29, 0.717) is 11.0 Å². The van der Waals surface area contributed by atoms with Crippen LogP contribution in [0.2, 0.25) is 0 Å². The van der Waals surface area contributed by atoms with Crippen molar-refractivity contribution in [2.45, 2.75) is 6.42 Å². The smallest absolute Gasteiger partial charge is 0.208 e. The van der Waals surface area contributed by atoms with Gasteiger partial charge in [-0.05, 0) is 30.2 Å². The molecule has 0 radical (unpaired) electrons. The summed E-state index contributed by atoms with van der Waals surface area (Å²) in [5, 5.41) is 3.96. The van der Waals surface area contributed by atoms with E-state index in [9.17, 15) is 0 Å². The maximum absolute atomic E-state index is 4.58. The van der Waals surface area contributed by atoms with Gasteiger partial charge in [-0.15, -0.1) is 0 Å². The molecule has 0 fully saturated rings. The van der Waals surface area contributed by atoms with Crippen molar-refractivity contribution in [3.8, 4) is 11.5 Å². The van der Waals surface area contributed by atoms with Crippen LogP contribution in [0, 0.1) is 0 Å². The number of aromatic nitrogens is 4. The van der Waals surface area contributed by atoms with Gasteiger partial charge < -0.3 is 15.1 Å². The molecule has 1 N–H and O–H groups in total. The van der Waals surface area contributed by atoms with E-state index in [1.165, 1.54) is 22.8 Å². The lowest BCUT2D eigenvalue weighted by Gasteiger charge is -2.15. The number of likely N-dealkylation sites (N-methyl/N-ethyl adjacent to an activating group) is 1. The van der Waals surface area contributed by atoms with Crippen molar-refractivity contribution in [1.29, 1.82) is 0 Å². The van der Waals surface area contributed by atoms with Crippen LogP contribution in [0.1, 0.15) is 5.56 Å². The Hall–Kier alpha value is -2.74. The van der Waals surface area contributed by atoms with E-state index >= 15 is 0 Å². The molecule has 3 aromatic rings. The summed E-state index contributed by atoms with van der Waals surface area (Å²) >= 11 is 1.31. The van der Waals surface area contributed by atoms with E-state index in [0.717, 1.165) is 30.2 Å². The molecule has 0 saturated heterocycles. The Labute approximate surface area is 150 Å². The molecule has 0 unspecified atom stereocenters. The molecule has 0 bridgehead atoms. The number of pyridine rings is 2. The lowest BCUT2D eigenvalue weighted by atomic mass is 10.2. The van der Waals surface area contributed by atoms with Gasteiger partial charge in [0.05, 0.1) is 17.6 Å². The molecule has 0 atom stereocenters. The number of rotatable bonds is 4. The molecule has 8 heteroatoms. The highest BCUT2D eigenvalue weighted by molar-refractivity contribution is 7.09. The molecule has 3 aromatic heterocycles. The van der Waals surface area contributed by atoms with Crippen molar-refractivity contribution in [2.75, 3.05) is 42.8 Å². The monoisotopic (exact) mass is 353 g/mol. The minimum absolute atomic E-state index is 0.646. The molecule has 1 aliphatic heterocycles. The van der Waals surface area contributed by atoms with Crippen LogP contribution in [0.3, 0.4) is 0 Å². The number of anilines is 4. The first kappa shape index (κ1) is 15.8. The van der Waals surface area contributed by atoms with E-state index in [1.807, 2.05) is 37.3 Å². The van der Waals surface area contributed by atoms with Crippen molar-refractivity contribution in [3.05, 3.63) is 36.2 Å². The zero-order chi connectivity index (χ0) is 17.4. The predicted molar refractivity (Wildman–Crippen MR) is 102 cm³/mol. The molecule has 25 heavy (non-hydrogen) atoms. The minimum atomic E-state index is 0.646. The Kier molecular flexibility index (Phi) is 3.96. The van der Waals surface area contributed by atoms with Crippen molar-refractivity contribution in [3.63, 3.8) is 0 Å². The van der Waals surface area contributed by atoms with Crippen LogP contribution >= 0.6 is 11.5 Å². The molecule has 4 heterocycles. The second-order valence-corrected chi connectivity index (χ2v) is 6.94. The molecular weight excluding hydrogens is 334 g/mol. The number of fused-ring (bicyclic) bond motifs is 1. The standard InChI is InChI=1S/C17H19N7S/c1-23(2)13-5-4-7-18-16(13)21-17-20-15(22-25-17)12-9-11-6-8-24(3)14(11)10-19-12/h4-5,7,9-10H,6,8H2,1-3H3,(H,18,20,21,22). The van der Waals surface area contributed by atoms with E-state index in [1.54, 1.807) is 6.20 Å². The number of hydrogen-bond acceptors (Lipinski definition) is 8. The average molecular weight is 353 g/mol. The molecular formula is C17H19N7S. The zero-order valence-electron chi connectivity index (χ0n) is 14.4. The van der Waals surface area contributed by atoms with Gasteiger partial charge >= 0.3 is 0 Å². The van der Waals surface area contributed by atoms with E-state index in [2.05, 4.69) is 42.7 Å². The van der Waals surface area contributed by atoms with Crippen LogP contribution in [0.15, 0.2) is 30.6 Å². The second kappa shape index (κ2) is 6.29. The fourth-order valence-corrected chi connectivity index (χ4v) is 3.48. The summed E-state index contributed by atoms with van der Waals surface area (Å²) < 4.78 is 4.45. The van der Waals surface area contributed by atoms with Crippen LogP contribution in [0.25, 0.3) is 11.5 Å². The third kappa shape index (κ3) is 3.00. The van der Waals surface area contributed by atoms with Crippen LogP contribution < -0.4 is 15.1 Å². The molecule has 4 rings (SSSR count). The van der Waals surface area contributed by atoms with E-state index < -0.39 is 0 Å². The largest absolute Gasteiger partial charge is 0.375 e. The maximum Gasteiger partial charge on any atom is 0.208 e. The Balaban J connectivity index is 1.59. The number of nitrogens with zero attached hydrogens (tertiary/aromatic N) is 6. The van der Waals surface area contributed by atoms with Gasteiger partial charge in [0.2, 0.25) is 5.13 Å². The molecule has 0 saturated carbocycles. The summed E-state index contributed by atoms with van der Waals surface area (Å²) in [6.07, 6.45) is 4.71. The topological polar surface area (TPSA) is 70.1 Å². The summed E-state index contributed by atoms with van der Waals surface area (Å²) in [5.41, 5.74) is 4.31. The molecule has 0 spiro atoms. The summed E-state index contributed by atoms with van der Waals surface area (Å²) in [7, 11) is 6.06. The van der Waals surface area contributed by atoms with Gasteiger partial charge in [-0.3, -0.25) is 4.98 Å². The molecule has 0 aliphatic carbocycles. The van der Waals surface area contributed by atoms with Crippen molar-refractivity contribution >= 4 is 33.9 Å². The highest BCUT2D eigenvalue weighted by Gasteiger charge is 2.18. The summed E-state index contributed by atoms with van der Waals surface area (Å²) in [6, 6.07) is 6.02. The lowest BCUT2D eigenvalue weighted by Crippen LogP contribution is -2.12. The SMILES string of the molecule is CN(C)c1cccnc1Nc1nc(-c2cc3c(cn2)N(C)CC3)ns1. The quantitative estimate of drug-likeness (QED) is 0.773. The highest BCUT2D eigenvalue weighted by atomic mass is 32.1.